The van der Waals surface area contributed by atoms with Crippen LogP contribution in [0.1, 0.15) is 42.2 Å². The Balaban J connectivity index is 1.65. The molecule has 0 saturated carbocycles. The van der Waals surface area contributed by atoms with Crippen molar-refractivity contribution in [2.75, 3.05) is 53.0 Å². The van der Waals surface area contributed by atoms with Crippen molar-refractivity contribution in [2.24, 2.45) is 0 Å². The first-order valence-electron chi connectivity index (χ1n) is 13.2. The lowest BCUT2D eigenvalue weighted by atomic mass is 9.93. The van der Waals surface area contributed by atoms with Crippen LogP contribution in [0.4, 0.5) is 4.79 Å². The SMILES string of the molecule is CCOC(=O)C1=C(CN2CCCN(C(=O)c3ccccc3)CC2)N(CC)C(=O)NC1c1ccccc1OC. The lowest BCUT2D eigenvalue weighted by Crippen LogP contribution is -2.51. The smallest absolute Gasteiger partial charge is 0.338 e. The number of amides is 3. The van der Waals surface area contributed by atoms with Gasteiger partial charge in [0.1, 0.15) is 5.75 Å². The van der Waals surface area contributed by atoms with E-state index in [-0.39, 0.29) is 18.5 Å². The molecule has 2 heterocycles. The number of nitrogens with zero attached hydrogens (tertiary/aromatic N) is 3. The van der Waals surface area contributed by atoms with Gasteiger partial charge in [-0.2, -0.15) is 0 Å². The van der Waals surface area contributed by atoms with Crippen molar-refractivity contribution in [1.82, 2.24) is 20.0 Å². The first kappa shape index (κ1) is 27.2. The Morgan fingerprint density at radius 2 is 1.71 bits per heavy atom. The molecule has 0 bridgehead atoms. The van der Waals surface area contributed by atoms with Gasteiger partial charge in [-0.3, -0.25) is 14.6 Å². The van der Waals surface area contributed by atoms with Crippen LogP contribution in [0.2, 0.25) is 0 Å². The van der Waals surface area contributed by atoms with Gasteiger partial charge < -0.3 is 19.7 Å². The third-order valence-electron chi connectivity index (χ3n) is 6.97. The molecule has 9 heteroatoms. The number of hydrogen-bond donors (Lipinski definition) is 1. The Kier molecular flexibility index (Phi) is 9.02. The second kappa shape index (κ2) is 12.6. The monoisotopic (exact) mass is 520 g/mol. The van der Waals surface area contributed by atoms with Gasteiger partial charge >= 0.3 is 12.0 Å². The Morgan fingerprint density at radius 1 is 0.974 bits per heavy atom. The molecule has 1 atom stereocenters. The fourth-order valence-electron chi connectivity index (χ4n) is 5.10. The molecule has 3 amide bonds. The maximum absolute atomic E-state index is 13.4. The molecule has 1 unspecified atom stereocenters. The number of benzene rings is 2. The molecule has 9 nitrogen and oxygen atoms in total. The van der Waals surface area contributed by atoms with E-state index in [9.17, 15) is 14.4 Å². The van der Waals surface area contributed by atoms with Gasteiger partial charge in [0.25, 0.3) is 5.91 Å². The number of nitrogens with one attached hydrogen (secondary N) is 1. The van der Waals surface area contributed by atoms with Crippen molar-refractivity contribution < 1.29 is 23.9 Å². The minimum atomic E-state index is -0.710. The minimum absolute atomic E-state index is 0.0161. The van der Waals surface area contributed by atoms with Gasteiger partial charge in [0.05, 0.1) is 25.3 Å². The van der Waals surface area contributed by atoms with Crippen LogP contribution in [0, 0.1) is 0 Å². The Hall–Kier alpha value is -3.85. The van der Waals surface area contributed by atoms with Crippen molar-refractivity contribution in [3.63, 3.8) is 0 Å². The molecule has 2 aliphatic heterocycles. The van der Waals surface area contributed by atoms with Crippen LogP contribution in [0.5, 0.6) is 5.75 Å². The van der Waals surface area contributed by atoms with Crippen LogP contribution in [0.25, 0.3) is 0 Å². The average molecular weight is 521 g/mol. The molecule has 1 fully saturated rings. The average Bonchev–Trinajstić information content (AvgIpc) is 3.18. The Bertz CT molecular complexity index is 1180. The molecule has 1 N–H and O–H groups in total. The molecule has 0 spiro atoms. The molecule has 4 rings (SSSR count). The highest BCUT2D eigenvalue weighted by atomic mass is 16.5. The first-order chi connectivity index (χ1) is 18.5. The number of carbonyl (C=O) groups excluding carboxylic acids is 3. The fraction of sp³-hybridized carbons (Fsp3) is 0.414. The van der Waals surface area contributed by atoms with Crippen LogP contribution in [-0.2, 0) is 9.53 Å². The van der Waals surface area contributed by atoms with E-state index in [1.165, 1.54) is 0 Å². The van der Waals surface area contributed by atoms with Gasteiger partial charge in [-0.05, 0) is 38.5 Å². The molecular formula is C29H36N4O5. The summed E-state index contributed by atoms with van der Waals surface area (Å²) in [5, 5.41) is 2.99. The molecule has 38 heavy (non-hydrogen) atoms. The van der Waals surface area contributed by atoms with Crippen LogP contribution < -0.4 is 10.1 Å². The van der Waals surface area contributed by atoms with E-state index < -0.39 is 12.0 Å². The summed E-state index contributed by atoms with van der Waals surface area (Å²) in [5.74, 6) is 0.128. The molecule has 0 aromatic heterocycles. The van der Waals surface area contributed by atoms with E-state index in [0.717, 1.165) is 13.0 Å². The number of para-hydroxylation sites is 1. The number of ether oxygens (including phenoxy) is 2. The lowest BCUT2D eigenvalue weighted by Gasteiger charge is -2.38. The zero-order valence-electron chi connectivity index (χ0n) is 22.3. The predicted octanol–water partition coefficient (Wildman–Crippen LogP) is 3.45. The van der Waals surface area contributed by atoms with Gasteiger partial charge in [-0.25, -0.2) is 9.59 Å². The quantitative estimate of drug-likeness (QED) is 0.536. The molecule has 0 radical (unpaired) electrons. The van der Waals surface area contributed by atoms with Crippen molar-refractivity contribution in [2.45, 2.75) is 26.3 Å². The fourth-order valence-corrected chi connectivity index (χ4v) is 5.10. The number of esters is 1. The zero-order chi connectivity index (χ0) is 27.1. The Labute approximate surface area is 224 Å². The number of hydrogen-bond acceptors (Lipinski definition) is 6. The van der Waals surface area contributed by atoms with Gasteiger partial charge in [-0.1, -0.05) is 36.4 Å². The van der Waals surface area contributed by atoms with Crippen molar-refractivity contribution >= 4 is 17.9 Å². The van der Waals surface area contributed by atoms with E-state index in [1.54, 1.807) is 18.9 Å². The minimum Gasteiger partial charge on any atom is -0.496 e. The van der Waals surface area contributed by atoms with E-state index in [1.807, 2.05) is 66.4 Å². The molecule has 0 aliphatic carbocycles. The summed E-state index contributed by atoms with van der Waals surface area (Å²) < 4.78 is 11.0. The molecule has 2 aliphatic rings. The maximum atomic E-state index is 13.4. The molecule has 1 saturated heterocycles. The zero-order valence-corrected chi connectivity index (χ0v) is 22.3. The largest absolute Gasteiger partial charge is 0.496 e. The third kappa shape index (κ3) is 5.83. The van der Waals surface area contributed by atoms with Crippen LogP contribution >= 0.6 is 0 Å². The van der Waals surface area contributed by atoms with E-state index in [2.05, 4.69) is 10.2 Å². The van der Waals surface area contributed by atoms with E-state index in [4.69, 9.17) is 9.47 Å². The normalized spacial score (nSPS) is 18.6. The summed E-state index contributed by atoms with van der Waals surface area (Å²) in [6.07, 6.45) is 0.787. The van der Waals surface area contributed by atoms with Gasteiger partial charge in [0.15, 0.2) is 0 Å². The lowest BCUT2D eigenvalue weighted by molar-refractivity contribution is -0.139. The second-order valence-corrected chi connectivity index (χ2v) is 9.24. The Morgan fingerprint density at radius 3 is 2.42 bits per heavy atom. The number of carbonyl (C=O) groups is 3. The topological polar surface area (TPSA) is 91.4 Å². The summed E-state index contributed by atoms with van der Waals surface area (Å²) in [6.45, 7) is 7.21. The molecular weight excluding hydrogens is 484 g/mol. The number of likely N-dealkylation sites (N-methyl/N-ethyl adjacent to an activating group) is 1. The number of rotatable bonds is 8. The van der Waals surface area contributed by atoms with E-state index in [0.29, 0.717) is 60.9 Å². The summed E-state index contributed by atoms with van der Waals surface area (Å²) in [4.78, 5) is 45.4. The van der Waals surface area contributed by atoms with Crippen molar-refractivity contribution in [1.29, 1.82) is 0 Å². The standard InChI is InChI=1S/C29H36N4O5/c1-4-33-23(20-31-16-11-17-32(19-18-31)27(34)21-12-7-6-8-13-21)25(28(35)38-5-2)26(30-29(33)36)22-14-9-10-15-24(22)37-3/h6-10,12-15,26H,4-5,11,16-20H2,1-3H3,(H,30,36). The van der Waals surface area contributed by atoms with Gasteiger partial charge in [-0.15, -0.1) is 0 Å². The van der Waals surface area contributed by atoms with Crippen molar-refractivity contribution in [3.05, 3.63) is 77.0 Å². The first-order valence-corrected chi connectivity index (χ1v) is 13.2. The van der Waals surface area contributed by atoms with E-state index >= 15 is 0 Å². The number of urea groups is 1. The highest BCUT2D eigenvalue weighted by molar-refractivity contribution is 5.95. The van der Waals surface area contributed by atoms with Crippen LogP contribution in [0.3, 0.4) is 0 Å². The maximum Gasteiger partial charge on any atom is 0.338 e. The summed E-state index contributed by atoms with van der Waals surface area (Å²) in [5.41, 5.74) is 2.39. The summed E-state index contributed by atoms with van der Waals surface area (Å²) in [6, 6.07) is 15.7. The summed E-state index contributed by atoms with van der Waals surface area (Å²) >= 11 is 0. The highest BCUT2D eigenvalue weighted by Crippen LogP contribution is 2.36. The van der Waals surface area contributed by atoms with Gasteiger partial charge in [0.2, 0.25) is 0 Å². The van der Waals surface area contributed by atoms with Crippen molar-refractivity contribution in [3.8, 4) is 5.75 Å². The van der Waals surface area contributed by atoms with Crippen LogP contribution in [-0.4, -0.2) is 85.6 Å². The molecule has 202 valence electrons. The molecule has 2 aromatic carbocycles. The van der Waals surface area contributed by atoms with Gasteiger partial charge in [0, 0.05) is 56.1 Å². The predicted molar refractivity (Wildman–Crippen MR) is 144 cm³/mol. The third-order valence-corrected chi connectivity index (χ3v) is 6.97. The number of methoxy groups -OCH3 is 1. The summed E-state index contributed by atoms with van der Waals surface area (Å²) in [7, 11) is 1.57. The second-order valence-electron chi connectivity index (χ2n) is 9.24. The highest BCUT2D eigenvalue weighted by Gasteiger charge is 2.39. The van der Waals surface area contributed by atoms with Crippen LogP contribution in [0.15, 0.2) is 65.9 Å². The molecule has 2 aromatic rings.